The molecule has 0 unspecified atom stereocenters. The highest BCUT2D eigenvalue weighted by Gasteiger charge is 2.11. The summed E-state index contributed by atoms with van der Waals surface area (Å²) in [6, 6.07) is 15.1. The van der Waals surface area contributed by atoms with Crippen molar-refractivity contribution in [3.05, 3.63) is 83.9 Å². The third-order valence-electron chi connectivity index (χ3n) is 4.24. The van der Waals surface area contributed by atoms with E-state index in [4.69, 9.17) is 0 Å². The van der Waals surface area contributed by atoms with Gasteiger partial charge in [0.1, 0.15) is 6.33 Å². The van der Waals surface area contributed by atoms with Crippen molar-refractivity contribution in [2.24, 2.45) is 0 Å². The Hall–Kier alpha value is -3.81. The third kappa shape index (κ3) is 3.45. The summed E-state index contributed by atoms with van der Waals surface area (Å²) in [5.41, 5.74) is 4.25. The second kappa shape index (κ2) is 7.20. The minimum absolute atomic E-state index is 0.142. The van der Waals surface area contributed by atoms with Gasteiger partial charge in [-0.25, -0.2) is 9.36 Å². The van der Waals surface area contributed by atoms with E-state index in [0.717, 1.165) is 22.5 Å². The predicted octanol–water partition coefficient (Wildman–Crippen LogP) is 2.09. The van der Waals surface area contributed by atoms with Gasteiger partial charge >= 0.3 is 0 Å². The quantitative estimate of drug-likeness (QED) is 0.589. The lowest BCUT2D eigenvalue weighted by molar-refractivity contribution is 0.0951. The topological polar surface area (TPSA) is 90.5 Å². The first-order valence-corrected chi connectivity index (χ1v) is 8.42. The minimum atomic E-state index is -0.142. The van der Waals surface area contributed by atoms with Crippen molar-refractivity contribution in [3.8, 4) is 11.4 Å². The first-order chi connectivity index (χ1) is 13.2. The van der Waals surface area contributed by atoms with Gasteiger partial charge in [0.15, 0.2) is 0 Å². The van der Waals surface area contributed by atoms with Crippen LogP contribution in [-0.2, 0) is 6.54 Å². The van der Waals surface area contributed by atoms with Crippen molar-refractivity contribution in [2.75, 3.05) is 0 Å². The van der Waals surface area contributed by atoms with E-state index >= 15 is 0 Å². The van der Waals surface area contributed by atoms with E-state index in [1.54, 1.807) is 21.6 Å². The fourth-order valence-electron chi connectivity index (χ4n) is 2.90. The number of carbonyl (C=O) groups is 1. The highest BCUT2D eigenvalue weighted by Crippen LogP contribution is 2.16. The lowest BCUT2D eigenvalue weighted by Gasteiger charge is -2.12. The monoisotopic (exact) mass is 359 g/mol. The van der Waals surface area contributed by atoms with Crippen LogP contribution >= 0.6 is 0 Å². The molecule has 0 bridgehead atoms. The molecule has 0 aliphatic rings. The largest absolute Gasteiger partial charge is 0.348 e. The van der Waals surface area contributed by atoms with Gasteiger partial charge in [-0.1, -0.05) is 18.2 Å². The van der Waals surface area contributed by atoms with E-state index < -0.39 is 0 Å². The zero-order valence-electron chi connectivity index (χ0n) is 14.6. The lowest BCUT2D eigenvalue weighted by Crippen LogP contribution is -2.23. The number of hydrogen-bond acceptors (Lipinski definition) is 5. The van der Waals surface area contributed by atoms with Gasteiger partial charge < -0.3 is 5.32 Å². The van der Waals surface area contributed by atoms with Crippen LogP contribution in [0.3, 0.4) is 0 Å². The predicted molar refractivity (Wildman–Crippen MR) is 98.6 cm³/mol. The van der Waals surface area contributed by atoms with Crippen LogP contribution in [0, 0.1) is 6.92 Å². The SMILES string of the molecule is Cc1cc(C(=O)NCc2ccccc2-n2cccn2)ccc1-n1cnnn1. The molecule has 0 radical (unpaired) electrons. The number of nitrogens with one attached hydrogen (secondary N) is 1. The van der Waals surface area contributed by atoms with Crippen molar-refractivity contribution >= 4 is 5.91 Å². The minimum Gasteiger partial charge on any atom is -0.348 e. The molecule has 2 aromatic heterocycles. The molecule has 4 aromatic rings. The van der Waals surface area contributed by atoms with Crippen LogP contribution in [0.1, 0.15) is 21.5 Å². The summed E-state index contributed by atoms with van der Waals surface area (Å²) >= 11 is 0. The summed E-state index contributed by atoms with van der Waals surface area (Å²) in [6.07, 6.45) is 5.13. The Morgan fingerprint density at radius 3 is 2.70 bits per heavy atom. The molecule has 0 saturated heterocycles. The Morgan fingerprint density at radius 2 is 1.96 bits per heavy atom. The van der Waals surface area contributed by atoms with E-state index in [0.29, 0.717) is 12.1 Å². The maximum absolute atomic E-state index is 12.6. The summed E-state index contributed by atoms with van der Waals surface area (Å²) in [5.74, 6) is -0.142. The van der Waals surface area contributed by atoms with Crippen LogP contribution in [0.5, 0.6) is 0 Å². The van der Waals surface area contributed by atoms with Gasteiger partial charge in [-0.15, -0.1) is 5.10 Å². The van der Waals surface area contributed by atoms with Gasteiger partial charge in [-0.3, -0.25) is 4.79 Å². The van der Waals surface area contributed by atoms with Crippen LogP contribution in [0.4, 0.5) is 0 Å². The van der Waals surface area contributed by atoms with Crippen LogP contribution in [-0.4, -0.2) is 35.9 Å². The van der Waals surface area contributed by atoms with Gasteiger partial charge in [0.2, 0.25) is 0 Å². The number of para-hydroxylation sites is 1. The number of rotatable bonds is 5. The highest BCUT2D eigenvalue weighted by molar-refractivity contribution is 5.94. The molecule has 4 rings (SSSR count). The van der Waals surface area contributed by atoms with E-state index in [1.165, 1.54) is 6.33 Å². The van der Waals surface area contributed by atoms with Gasteiger partial charge in [0, 0.05) is 24.5 Å². The molecule has 27 heavy (non-hydrogen) atoms. The van der Waals surface area contributed by atoms with Crippen LogP contribution < -0.4 is 5.32 Å². The first-order valence-electron chi connectivity index (χ1n) is 8.42. The molecule has 0 spiro atoms. The maximum Gasteiger partial charge on any atom is 0.251 e. The molecule has 1 amide bonds. The summed E-state index contributed by atoms with van der Waals surface area (Å²) in [7, 11) is 0. The van der Waals surface area contributed by atoms with Crippen LogP contribution in [0.15, 0.2) is 67.3 Å². The van der Waals surface area contributed by atoms with Crippen LogP contribution in [0.2, 0.25) is 0 Å². The van der Waals surface area contributed by atoms with Crippen molar-refractivity contribution in [1.82, 2.24) is 35.3 Å². The number of tetrazole rings is 1. The number of benzene rings is 2. The standard InChI is InChI=1S/C19H17N7O/c1-14-11-15(7-8-17(14)26-13-21-23-24-26)19(27)20-12-16-5-2-3-6-18(16)25-10-4-9-22-25/h2-11,13H,12H2,1H3,(H,20,27). The average Bonchev–Trinajstić information content (AvgIpc) is 3.40. The Kier molecular flexibility index (Phi) is 4.44. The molecule has 2 heterocycles. The maximum atomic E-state index is 12.6. The second-order valence-electron chi connectivity index (χ2n) is 6.02. The molecule has 134 valence electrons. The van der Waals surface area contributed by atoms with Crippen molar-refractivity contribution in [2.45, 2.75) is 13.5 Å². The van der Waals surface area contributed by atoms with Crippen molar-refractivity contribution in [1.29, 1.82) is 0 Å². The number of aromatic nitrogens is 6. The molecule has 0 fully saturated rings. The van der Waals surface area contributed by atoms with Crippen molar-refractivity contribution in [3.63, 3.8) is 0 Å². The van der Waals surface area contributed by atoms with Gasteiger partial charge in [-0.05, 0) is 58.8 Å². The molecule has 0 atom stereocenters. The van der Waals surface area contributed by atoms with Gasteiger partial charge in [-0.2, -0.15) is 5.10 Å². The second-order valence-corrected chi connectivity index (χ2v) is 6.02. The molecular weight excluding hydrogens is 342 g/mol. The smallest absolute Gasteiger partial charge is 0.251 e. The fourth-order valence-corrected chi connectivity index (χ4v) is 2.90. The molecule has 2 aromatic carbocycles. The Balaban J connectivity index is 1.50. The number of nitrogens with zero attached hydrogens (tertiary/aromatic N) is 6. The molecular formula is C19H17N7O. The first kappa shape index (κ1) is 16.6. The average molecular weight is 359 g/mol. The van der Waals surface area contributed by atoms with E-state index in [1.807, 2.05) is 55.6 Å². The lowest BCUT2D eigenvalue weighted by atomic mass is 10.1. The Bertz CT molecular complexity index is 1060. The van der Waals surface area contributed by atoms with Crippen LogP contribution in [0.25, 0.3) is 11.4 Å². The third-order valence-corrected chi connectivity index (χ3v) is 4.24. The Labute approximate surface area is 155 Å². The summed E-state index contributed by atoms with van der Waals surface area (Å²) in [6.45, 7) is 2.32. The van der Waals surface area contributed by atoms with Crippen molar-refractivity contribution < 1.29 is 4.79 Å². The molecule has 0 aliphatic heterocycles. The zero-order valence-corrected chi connectivity index (χ0v) is 14.6. The fraction of sp³-hybridized carbons (Fsp3) is 0.105. The summed E-state index contributed by atoms with van der Waals surface area (Å²) in [4.78, 5) is 12.6. The molecule has 8 heteroatoms. The van der Waals surface area contributed by atoms with Gasteiger partial charge in [0.05, 0.1) is 11.4 Å². The molecule has 1 N–H and O–H groups in total. The molecule has 8 nitrogen and oxygen atoms in total. The molecule has 0 aliphatic carbocycles. The Morgan fingerprint density at radius 1 is 1.07 bits per heavy atom. The van der Waals surface area contributed by atoms with E-state index in [2.05, 4.69) is 25.9 Å². The number of aryl methyl sites for hydroxylation is 1. The van der Waals surface area contributed by atoms with E-state index in [9.17, 15) is 4.79 Å². The number of amides is 1. The van der Waals surface area contributed by atoms with E-state index in [-0.39, 0.29) is 5.91 Å². The number of hydrogen-bond donors (Lipinski definition) is 1. The highest BCUT2D eigenvalue weighted by atomic mass is 16.1. The summed E-state index contributed by atoms with van der Waals surface area (Å²) in [5, 5.41) is 18.4. The molecule has 0 saturated carbocycles. The summed E-state index contributed by atoms with van der Waals surface area (Å²) < 4.78 is 3.35. The zero-order chi connectivity index (χ0) is 18.6. The normalized spacial score (nSPS) is 10.7. The number of carbonyl (C=O) groups excluding carboxylic acids is 1. The van der Waals surface area contributed by atoms with Gasteiger partial charge in [0.25, 0.3) is 5.91 Å².